The second kappa shape index (κ2) is 5.28. The number of benzene rings is 2. The standard InChI is InChI=1S/C18H13NO4/c20-13-6-3-5-11(8-13)17-10-15(19-23-17)14-9-12-4-1-2-7-16(12)22-18(14)21/h1-9,17,20H,10H2. The van der Waals surface area contributed by atoms with E-state index in [-0.39, 0.29) is 11.9 Å². The van der Waals surface area contributed by atoms with E-state index in [1.54, 1.807) is 30.3 Å². The van der Waals surface area contributed by atoms with Crippen LogP contribution in [0.25, 0.3) is 11.0 Å². The van der Waals surface area contributed by atoms with E-state index in [2.05, 4.69) is 5.16 Å². The summed E-state index contributed by atoms with van der Waals surface area (Å²) in [6, 6.07) is 15.9. The molecule has 114 valence electrons. The molecule has 0 spiro atoms. The summed E-state index contributed by atoms with van der Waals surface area (Å²) < 4.78 is 5.33. The van der Waals surface area contributed by atoms with Gasteiger partial charge in [-0.05, 0) is 29.8 Å². The summed E-state index contributed by atoms with van der Waals surface area (Å²) in [5.74, 6) is 0.171. The van der Waals surface area contributed by atoms with E-state index in [0.29, 0.717) is 23.3 Å². The summed E-state index contributed by atoms with van der Waals surface area (Å²) in [7, 11) is 0. The summed E-state index contributed by atoms with van der Waals surface area (Å²) in [5.41, 5.74) is 1.89. The molecule has 2 heterocycles. The molecular formula is C18H13NO4. The molecule has 0 aliphatic carbocycles. The molecule has 23 heavy (non-hydrogen) atoms. The molecule has 0 amide bonds. The number of aromatic hydroxyl groups is 1. The Kier molecular flexibility index (Phi) is 3.12. The van der Waals surface area contributed by atoms with Crippen LogP contribution in [0.2, 0.25) is 0 Å². The average molecular weight is 307 g/mol. The Morgan fingerprint density at radius 3 is 2.83 bits per heavy atom. The zero-order valence-electron chi connectivity index (χ0n) is 12.1. The first-order valence-corrected chi connectivity index (χ1v) is 7.25. The van der Waals surface area contributed by atoms with Crippen LogP contribution in [0.1, 0.15) is 23.7 Å². The van der Waals surface area contributed by atoms with Crippen LogP contribution in [-0.4, -0.2) is 10.8 Å². The molecule has 0 saturated heterocycles. The number of hydrogen-bond acceptors (Lipinski definition) is 5. The topological polar surface area (TPSA) is 72.0 Å². The van der Waals surface area contributed by atoms with E-state index >= 15 is 0 Å². The Hall–Kier alpha value is -3.08. The highest BCUT2D eigenvalue weighted by Gasteiger charge is 2.26. The van der Waals surface area contributed by atoms with Gasteiger partial charge in [0, 0.05) is 11.8 Å². The van der Waals surface area contributed by atoms with E-state index in [0.717, 1.165) is 10.9 Å². The number of rotatable bonds is 2. The van der Waals surface area contributed by atoms with E-state index in [4.69, 9.17) is 9.25 Å². The number of phenols is 1. The quantitative estimate of drug-likeness (QED) is 0.737. The van der Waals surface area contributed by atoms with E-state index in [1.165, 1.54) is 0 Å². The van der Waals surface area contributed by atoms with Gasteiger partial charge in [-0.25, -0.2) is 4.79 Å². The van der Waals surface area contributed by atoms with Crippen molar-refractivity contribution in [1.82, 2.24) is 0 Å². The fraction of sp³-hybridized carbons (Fsp3) is 0.111. The molecule has 0 saturated carbocycles. The lowest BCUT2D eigenvalue weighted by molar-refractivity contribution is 0.0856. The molecule has 0 radical (unpaired) electrons. The molecule has 5 heteroatoms. The fourth-order valence-electron chi connectivity index (χ4n) is 2.70. The lowest BCUT2D eigenvalue weighted by Crippen LogP contribution is -2.13. The molecule has 1 aromatic heterocycles. The van der Waals surface area contributed by atoms with Crippen molar-refractivity contribution in [3.05, 3.63) is 76.1 Å². The summed E-state index contributed by atoms with van der Waals surface area (Å²) >= 11 is 0. The Balaban J connectivity index is 1.67. The fourth-order valence-corrected chi connectivity index (χ4v) is 2.70. The minimum atomic E-state index is -0.428. The van der Waals surface area contributed by atoms with Crippen molar-refractivity contribution in [2.75, 3.05) is 0 Å². The maximum atomic E-state index is 12.2. The first-order chi connectivity index (χ1) is 11.2. The van der Waals surface area contributed by atoms with Crippen LogP contribution in [0.3, 0.4) is 0 Å². The van der Waals surface area contributed by atoms with Crippen molar-refractivity contribution < 1.29 is 14.4 Å². The third kappa shape index (κ3) is 2.46. The largest absolute Gasteiger partial charge is 0.508 e. The van der Waals surface area contributed by atoms with Gasteiger partial charge in [-0.15, -0.1) is 0 Å². The molecule has 0 bridgehead atoms. The molecule has 4 rings (SSSR count). The zero-order valence-corrected chi connectivity index (χ0v) is 12.1. The van der Waals surface area contributed by atoms with Crippen molar-refractivity contribution in [1.29, 1.82) is 0 Å². The molecular weight excluding hydrogens is 294 g/mol. The summed E-state index contributed by atoms with van der Waals surface area (Å²) in [4.78, 5) is 17.6. The van der Waals surface area contributed by atoms with Gasteiger partial charge in [0.05, 0.1) is 11.3 Å². The third-order valence-electron chi connectivity index (χ3n) is 3.86. The average Bonchev–Trinajstić information content (AvgIpc) is 3.04. The highest BCUT2D eigenvalue weighted by Crippen LogP contribution is 2.30. The molecule has 3 aromatic rings. The molecule has 1 unspecified atom stereocenters. The summed E-state index contributed by atoms with van der Waals surface area (Å²) in [6.07, 6.45) is 0.134. The second-order valence-electron chi connectivity index (χ2n) is 5.42. The highest BCUT2D eigenvalue weighted by atomic mass is 16.6. The normalized spacial score (nSPS) is 17.0. The van der Waals surface area contributed by atoms with Crippen LogP contribution >= 0.6 is 0 Å². The predicted molar refractivity (Wildman–Crippen MR) is 85.6 cm³/mol. The Morgan fingerprint density at radius 1 is 1.09 bits per heavy atom. The maximum Gasteiger partial charge on any atom is 0.345 e. The van der Waals surface area contributed by atoms with Gasteiger partial charge < -0.3 is 14.4 Å². The smallest absolute Gasteiger partial charge is 0.345 e. The maximum absolute atomic E-state index is 12.2. The number of oxime groups is 1. The van der Waals surface area contributed by atoms with Gasteiger partial charge in [-0.2, -0.15) is 0 Å². The molecule has 1 aliphatic rings. The van der Waals surface area contributed by atoms with E-state index < -0.39 is 5.63 Å². The van der Waals surface area contributed by atoms with Gasteiger partial charge in [0.1, 0.15) is 11.3 Å². The first-order valence-electron chi connectivity index (χ1n) is 7.25. The van der Waals surface area contributed by atoms with Crippen LogP contribution < -0.4 is 5.63 Å². The van der Waals surface area contributed by atoms with Crippen molar-refractivity contribution in [2.24, 2.45) is 5.16 Å². The van der Waals surface area contributed by atoms with Crippen LogP contribution in [-0.2, 0) is 4.84 Å². The number of hydrogen-bond donors (Lipinski definition) is 1. The Bertz CT molecular complexity index is 974. The molecule has 1 N–H and O–H groups in total. The van der Waals surface area contributed by atoms with Gasteiger partial charge in [0.25, 0.3) is 0 Å². The first kappa shape index (κ1) is 13.6. The Morgan fingerprint density at radius 2 is 1.96 bits per heavy atom. The highest BCUT2D eigenvalue weighted by molar-refractivity contribution is 6.02. The number of fused-ring (bicyclic) bond motifs is 1. The monoisotopic (exact) mass is 307 g/mol. The summed E-state index contributed by atoms with van der Waals surface area (Å²) in [5, 5.41) is 14.4. The SMILES string of the molecule is O=c1oc2ccccc2cc1C1=NOC(c2cccc(O)c2)C1. The van der Waals surface area contributed by atoms with E-state index in [9.17, 15) is 9.90 Å². The number of para-hydroxylation sites is 1. The van der Waals surface area contributed by atoms with Crippen molar-refractivity contribution in [3.8, 4) is 5.75 Å². The van der Waals surface area contributed by atoms with Gasteiger partial charge in [0.15, 0.2) is 6.10 Å². The lowest BCUT2D eigenvalue weighted by Gasteiger charge is -2.08. The minimum Gasteiger partial charge on any atom is -0.508 e. The van der Waals surface area contributed by atoms with Crippen molar-refractivity contribution >= 4 is 16.7 Å². The third-order valence-corrected chi connectivity index (χ3v) is 3.86. The molecule has 1 aliphatic heterocycles. The van der Waals surface area contributed by atoms with Gasteiger partial charge in [-0.3, -0.25) is 0 Å². The molecule has 0 fully saturated rings. The predicted octanol–water partition coefficient (Wildman–Crippen LogP) is 3.36. The van der Waals surface area contributed by atoms with Crippen molar-refractivity contribution in [2.45, 2.75) is 12.5 Å². The molecule has 2 aromatic carbocycles. The van der Waals surface area contributed by atoms with Crippen LogP contribution in [0, 0.1) is 0 Å². The minimum absolute atomic E-state index is 0.171. The zero-order chi connectivity index (χ0) is 15.8. The van der Waals surface area contributed by atoms with Crippen LogP contribution in [0.15, 0.2) is 69.0 Å². The van der Waals surface area contributed by atoms with Crippen molar-refractivity contribution in [3.63, 3.8) is 0 Å². The van der Waals surface area contributed by atoms with E-state index in [1.807, 2.05) is 24.3 Å². The molecule has 5 nitrogen and oxygen atoms in total. The van der Waals surface area contributed by atoms with Gasteiger partial charge in [0.2, 0.25) is 0 Å². The Labute approximate surface area is 131 Å². The lowest BCUT2D eigenvalue weighted by atomic mass is 10.0. The number of phenolic OH excluding ortho intramolecular Hbond substituents is 1. The second-order valence-corrected chi connectivity index (χ2v) is 5.42. The van der Waals surface area contributed by atoms with Gasteiger partial charge >= 0.3 is 5.63 Å². The van der Waals surface area contributed by atoms with Crippen LogP contribution in [0.4, 0.5) is 0 Å². The molecule has 1 atom stereocenters. The van der Waals surface area contributed by atoms with Crippen LogP contribution in [0.5, 0.6) is 5.75 Å². The summed E-state index contributed by atoms with van der Waals surface area (Å²) in [6.45, 7) is 0. The number of nitrogens with zero attached hydrogens (tertiary/aromatic N) is 1. The van der Waals surface area contributed by atoms with Gasteiger partial charge in [-0.1, -0.05) is 35.5 Å².